The molecule has 1 atom stereocenters. The standard InChI is InChI=1S/C12H17N3O2/c1-2-15(9-6-7-13-8-9)12(17)10-4-3-5-11(16)14-10/h3-5,9,13H,2,6-8H2,1H3,(H,14,16). The van der Waals surface area contributed by atoms with Crippen molar-refractivity contribution in [2.45, 2.75) is 19.4 Å². The molecule has 2 heterocycles. The van der Waals surface area contributed by atoms with Gasteiger partial charge in [0.15, 0.2) is 0 Å². The van der Waals surface area contributed by atoms with Gasteiger partial charge in [-0.05, 0) is 26.0 Å². The lowest BCUT2D eigenvalue weighted by molar-refractivity contribution is 0.0697. The number of nitrogens with one attached hydrogen (secondary N) is 2. The molecule has 1 aliphatic heterocycles. The number of carbonyl (C=O) groups excluding carboxylic acids is 1. The number of amides is 1. The first-order valence-electron chi connectivity index (χ1n) is 5.93. The van der Waals surface area contributed by atoms with Crippen molar-refractivity contribution in [3.05, 3.63) is 34.2 Å². The first-order valence-corrected chi connectivity index (χ1v) is 5.93. The van der Waals surface area contributed by atoms with Gasteiger partial charge < -0.3 is 15.2 Å². The summed E-state index contributed by atoms with van der Waals surface area (Å²) in [4.78, 5) is 27.8. The lowest BCUT2D eigenvalue weighted by Gasteiger charge is -2.26. The molecule has 0 radical (unpaired) electrons. The molecule has 92 valence electrons. The third kappa shape index (κ3) is 2.55. The predicted octanol–water partition coefficient (Wildman–Crippen LogP) is 0.199. The number of aromatic nitrogens is 1. The summed E-state index contributed by atoms with van der Waals surface area (Å²) in [6.07, 6.45) is 0.969. The molecular formula is C12H17N3O2. The molecule has 1 amide bonds. The lowest BCUT2D eigenvalue weighted by Crippen LogP contribution is -2.42. The van der Waals surface area contributed by atoms with Crippen molar-refractivity contribution in [1.82, 2.24) is 15.2 Å². The summed E-state index contributed by atoms with van der Waals surface area (Å²) >= 11 is 0. The second-order valence-electron chi connectivity index (χ2n) is 4.17. The van der Waals surface area contributed by atoms with Gasteiger partial charge in [0.1, 0.15) is 5.69 Å². The number of hydrogen-bond donors (Lipinski definition) is 2. The highest BCUT2D eigenvalue weighted by molar-refractivity contribution is 5.92. The van der Waals surface area contributed by atoms with Gasteiger partial charge in [0, 0.05) is 25.2 Å². The van der Waals surface area contributed by atoms with E-state index in [2.05, 4.69) is 10.3 Å². The minimum Gasteiger partial charge on any atom is -0.333 e. The highest BCUT2D eigenvalue weighted by Crippen LogP contribution is 2.11. The molecule has 5 nitrogen and oxygen atoms in total. The average Bonchev–Trinajstić information content (AvgIpc) is 2.83. The van der Waals surface area contributed by atoms with E-state index >= 15 is 0 Å². The molecule has 0 saturated carbocycles. The summed E-state index contributed by atoms with van der Waals surface area (Å²) in [5.41, 5.74) is 0.128. The van der Waals surface area contributed by atoms with Crippen LogP contribution in [0.4, 0.5) is 0 Å². The van der Waals surface area contributed by atoms with Gasteiger partial charge in [-0.2, -0.15) is 0 Å². The van der Waals surface area contributed by atoms with Crippen LogP contribution in [0.5, 0.6) is 0 Å². The minimum atomic E-state index is -0.239. The number of pyridine rings is 1. The van der Waals surface area contributed by atoms with Crippen LogP contribution in [0.2, 0.25) is 0 Å². The van der Waals surface area contributed by atoms with E-state index in [9.17, 15) is 9.59 Å². The summed E-state index contributed by atoms with van der Waals surface area (Å²) in [5.74, 6) is -0.0982. The van der Waals surface area contributed by atoms with Crippen LogP contribution >= 0.6 is 0 Å². The molecule has 0 aromatic carbocycles. The zero-order chi connectivity index (χ0) is 12.3. The van der Waals surface area contributed by atoms with Crippen molar-refractivity contribution in [3.63, 3.8) is 0 Å². The maximum Gasteiger partial charge on any atom is 0.270 e. The van der Waals surface area contributed by atoms with Gasteiger partial charge in [0.05, 0.1) is 0 Å². The van der Waals surface area contributed by atoms with E-state index in [1.807, 2.05) is 11.8 Å². The van der Waals surface area contributed by atoms with Gasteiger partial charge in [0.25, 0.3) is 5.91 Å². The van der Waals surface area contributed by atoms with Gasteiger partial charge in [-0.3, -0.25) is 9.59 Å². The lowest BCUT2D eigenvalue weighted by atomic mass is 10.2. The van der Waals surface area contributed by atoms with Gasteiger partial charge in [-0.15, -0.1) is 0 Å². The van der Waals surface area contributed by atoms with Crippen LogP contribution in [0.1, 0.15) is 23.8 Å². The summed E-state index contributed by atoms with van der Waals surface area (Å²) in [6.45, 7) is 4.38. The normalized spacial score (nSPS) is 19.2. The highest BCUT2D eigenvalue weighted by atomic mass is 16.2. The summed E-state index contributed by atoms with van der Waals surface area (Å²) in [6, 6.07) is 4.89. The van der Waals surface area contributed by atoms with Crippen molar-refractivity contribution in [2.75, 3.05) is 19.6 Å². The maximum atomic E-state index is 12.2. The van der Waals surface area contributed by atoms with Crippen LogP contribution in [0, 0.1) is 0 Å². The number of likely N-dealkylation sites (N-methyl/N-ethyl adjacent to an activating group) is 1. The Morgan fingerprint density at radius 2 is 2.35 bits per heavy atom. The first-order chi connectivity index (χ1) is 8.22. The van der Waals surface area contributed by atoms with E-state index in [4.69, 9.17) is 0 Å². The molecule has 0 spiro atoms. The molecule has 1 fully saturated rings. The Balaban J connectivity index is 2.19. The molecule has 1 saturated heterocycles. The molecule has 1 aromatic rings. The molecule has 5 heteroatoms. The molecule has 2 N–H and O–H groups in total. The van der Waals surface area contributed by atoms with Crippen molar-refractivity contribution < 1.29 is 4.79 Å². The molecule has 17 heavy (non-hydrogen) atoms. The van der Waals surface area contributed by atoms with Crippen LogP contribution in [0.15, 0.2) is 23.0 Å². The van der Waals surface area contributed by atoms with Crippen molar-refractivity contribution >= 4 is 5.91 Å². The summed E-state index contributed by atoms with van der Waals surface area (Å²) < 4.78 is 0. The van der Waals surface area contributed by atoms with Gasteiger partial charge >= 0.3 is 0 Å². The van der Waals surface area contributed by atoms with Gasteiger partial charge in [0.2, 0.25) is 5.56 Å². The molecular weight excluding hydrogens is 218 g/mol. The molecule has 1 aliphatic rings. The number of rotatable bonds is 3. The highest BCUT2D eigenvalue weighted by Gasteiger charge is 2.26. The Morgan fingerprint density at radius 1 is 1.53 bits per heavy atom. The predicted molar refractivity (Wildman–Crippen MR) is 65.0 cm³/mol. The number of carbonyl (C=O) groups is 1. The van der Waals surface area contributed by atoms with Crippen LogP contribution in [-0.4, -0.2) is 41.5 Å². The van der Waals surface area contributed by atoms with Crippen molar-refractivity contribution in [2.24, 2.45) is 0 Å². The average molecular weight is 235 g/mol. The zero-order valence-electron chi connectivity index (χ0n) is 9.90. The zero-order valence-corrected chi connectivity index (χ0v) is 9.90. The number of nitrogens with zero attached hydrogens (tertiary/aromatic N) is 1. The van der Waals surface area contributed by atoms with Crippen LogP contribution in [-0.2, 0) is 0 Å². The van der Waals surface area contributed by atoms with E-state index in [-0.39, 0.29) is 17.5 Å². The molecule has 0 aliphatic carbocycles. The van der Waals surface area contributed by atoms with Gasteiger partial charge in [-0.1, -0.05) is 6.07 Å². The Labute approximate surface area is 99.8 Å². The van der Waals surface area contributed by atoms with E-state index in [1.165, 1.54) is 6.07 Å². The van der Waals surface area contributed by atoms with E-state index < -0.39 is 0 Å². The topological polar surface area (TPSA) is 65.2 Å². The monoisotopic (exact) mass is 235 g/mol. The Morgan fingerprint density at radius 3 is 2.94 bits per heavy atom. The Hall–Kier alpha value is -1.62. The molecule has 2 rings (SSSR count). The fraction of sp³-hybridized carbons (Fsp3) is 0.500. The number of hydrogen-bond acceptors (Lipinski definition) is 3. The van der Waals surface area contributed by atoms with Crippen LogP contribution < -0.4 is 10.9 Å². The first kappa shape index (κ1) is 11.9. The molecule has 0 bridgehead atoms. The fourth-order valence-electron chi connectivity index (χ4n) is 2.20. The van der Waals surface area contributed by atoms with E-state index in [0.717, 1.165) is 19.5 Å². The smallest absolute Gasteiger partial charge is 0.270 e. The second kappa shape index (κ2) is 5.14. The van der Waals surface area contributed by atoms with Crippen molar-refractivity contribution in [3.8, 4) is 0 Å². The number of H-pyrrole nitrogens is 1. The largest absolute Gasteiger partial charge is 0.333 e. The third-order valence-electron chi connectivity index (χ3n) is 3.08. The Bertz CT molecular complexity index is 449. The van der Waals surface area contributed by atoms with Gasteiger partial charge in [-0.25, -0.2) is 0 Å². The van der Waals surface area contributed by atoms with E-state index in [1.54, 1.807) is 12.1 Å². The van der Waals surface area contributed by atoms with E-state index in [0.29, 0.717) is 12.2 Å². The maximum absolute atomic E-state index is 12.2. The molecule has 1 aromatic heterocycles. The Kier molecular flexibility index (Phi) is 3.58. The summed E-state index contributed by atoms with van der Waals surface area (Å²) in [7, 11) is 0. The third-order valence-corrected chi connectivity index (χ3v) is 3.08. The molecule has 1 unspecified atom stereocenters. The van der Waals surface area contributed by atoms with Crippen LogP contribution in [0.3, 0.4) is 0 Å². The van der Waals surface area contributed by atoms with Crippen LogP contribution in [0.25, 0.3) is 0 Å². The second-order valence-corrected chi connectivity index (χ2v) is 4.17. The minimum absolute atomic E-state index is 0.0982. The quantitative estimate of drug-likeness (QED) is 0.786. The fourth-order valence-corrected chi connectivity index (χ4v) is 2.20. The number of aromatic amines is 1. The summed E-state index contributed by atoms with van der Waals surface area (Å²) in [5, 5.41) is 3.24. The SMILES string of the molecule is CCN(C(=O)c1cccc(=O)[nH]1)C1CCNC1. The van der Waals surface area contributed by atoms with Crippen molar-refractivity contribution in [1.29, 1.82) is 0 Å².